The van der Waals surface area contributed by atoms with Gasteiger partial charge in [0.1, 0.15) is 5.75 Å². The van der Waals surface area contributed by atoms with E-state index >= 15 is 0 Å². The Morgan fingerprint density at radius 2 is 1.64 bits per heavy atom. The molecule has 0 aliphatic carbocycles. The lowest BCUT2D eigenvalue weighted by Gasteiger charge is -2.13. The molecule has 0 amide bonds. The zero-order valence-corrected chi connectivity index (χ0v) is 20.8. The molecule has 8 nitrogen and oxygen atoms in total. The van der Waals surface area contributed by atoms with Gasteiger partial charge in [-0.2, -0.15) is 0 Å². The molecule has 0 spiro atoms. The van der Waals surface area contributed by atoms with Crippen LogP contribution in [0.4, 0.5) is 5.69 Å². The number of pyridine rings is 1. The highest BCUT2D eigenvalue weighted by atomic mass is 127. The zero-order chi connectivity index (χ0) is 22.6. The molecule has 0 atom stereocenters. The van der Waals surface area contributed by atoms with E-state index in [2.05, 4.69) is 20.6 Å². The van der Waals surface area contributed by atoms with Gasteiger partial charge in [-0.05, 0) is 41.8 Å². The molecule has 2 N–H and O–H groups in total. The number of hydrogen-bond donors (Lipinski definition) is 2. The quantitative estimate of drug-likeness (QED) is 0.127. The standard InChI is InChI=1S/C24H27N5O3.HI/c1-32-23-11-7-19(8-12-23)13-16-26-24(27-17-14-21-4-2-3-15-25-21)28-18-20-5-9-22(10-6-20)29(30)31;/h2-12,15H,13-14,16-18H2,1H3,(H2,26,27,28);1H. The number of benzene rings is 2. The number of rotatable bonds is 10. The average Bonchev–Trinajstić information content (AvgIpc) is 2.83. The summed E-state index contributed by atoms with van der Waals surface area (Å²) < 4.78 is 5.20. The molecule has 0 fully saturated rings. The van der Waals surface area contributed by atoms with Crippen LogP contribution in [0.15, 0.2) is 77.9 Å². The first kappa shape index (κ1) is 26.0. The minimum absolute atomic E-state index is 0. The summed E-state index contributed by atoms with van der Waals surface area (Å²) in [6.45, 7) is 1.81. The van der Waals surface area contributed by atoms with Gasteiger partial charge in [0.2, 0.25) is 0 Å². The largest absolute Gasteiger partial charge is 0.497 e. The molecule has 0 unspecified atom stereocenters. The highest BCUT2D eigenvalue weighted by Gasteiger charge is 2.05. The third kappa shape index (κ3) is 9.05. The van der Waals surface area contributed by atoms with Crippen molar-refractivity contribution in [2.24, 2.45) is 4.99 Å². The molecular formula is C24H28IN5O3. The van der Waals surface area contributed by atoms with E-state index in [-0.39, 0.29) is 29.7 Å². The van der Waals surface area contributed by atoms with Gasteiger partial charge >= 0.3 is 0 Å². The first-order chi connectivity index (χ1) is 15.6. The van der Waals surface area contributed by atoms with E-state index in [0.717, 1.165) is 29.8 Å². The monoisotopic (exact) mass is 561 g/mol. The summed E-state index contributed by atoms with van der Waals surface area (Å²) in [5, 5.41) is 17.5. The van der Waals surface area contributed by atoms with Crippen LogP contribution in [0.3, 0.4) is 0 Å². The van der Waals surface area contributed by atoms with Crippen molar-refractivity contribution in [3.8, 4) is 5.75 Å². The van der Waals surface area contributed by atoms with Crippen molar-refractivity contribution in [2.75, 3.05) is 20.2 Å². The Labute approximate surface area is 210 Å². The second-order valence-electron chi connectivity index (χ2n) is 7.11. The van der Waals surface area contributed by atoms with E-state index < -0.39 is 4.92 Å². The van der Waals surface area contributed by atoms with E-state index in [9.17, 15) is 10.1 Å². The molecule has 2 aromatic carbocycles. The summed E-state index contributed by atoms with van der Waals surface area (Å²) in [6.07, 6.45) is 3.39. The molecule has 3 aromatic rings. The van der Waals surface area contributed by atoms with Crippen LogP contribution in [0, 0.1) is 10.1 Å². The minimum Gasteiger partial charge on any atom is -0.497 e. The van der Waals surface area contributed by atoms with Crippen molar-refractivity contribution in [1.82, 2.24) is 15.6 Å². The van der Waals surface area contributed by atoms with Gasteiger partial charge in [0, 0.05) is 43.5 Å². The van der Waals surface area contributed by atoms with Crippen LogP contribution in [0.5, 0.6) is 5.75 Å². The lowest BCUT2D eigenvalue weighted by Crippen LogP contribution is -2.39. The van der Waals surface area contributed by atoms with Crippen molar-refractivity contribution in [3.63, 3.8) is 0 Å². The van der Waals surface area contributed by atoms with Crippen LogP contribution >= 0.6 is 24.0 Å². The number of hydrogen-bond acceptors (Lipinski definition) is 5. The molecule has 0 aliphatic heterocycles. The van der Waals surface area contributed by atoms with Crippen LogP contribution in [-0.2, 0) is 19.4 Å². The Bertz CT molecular complexity index is 1010. The minimum atomic E-state index is -0.404. The third-order valence-electron chi connectivity index (χ3n) is 4.83. The molecule has 1 aromatic heterocycles. The van der Waals surface area contributed by atoms with Gasteiger partial charge < -0.3 is 15.4 Å². The summed E-state index contributed by atoms with van der Waals surface area (Å²) in [5.74, 6) is 1.52. The Kier molecular flexibility index (Phi) is 11.1. The number of aliphatic imine (C=N–C) groups is 1. The van der Waals surface area contributed by atoms with Crippen LogP contribution in [-0.4, -0.2) is 36.1 Å². The number of nitrogens with zero attached hydrogens (tertiary/aromatic N) is 3. The summed E-state index contributed by atoms with van der Waals surface area (Å²) >= 11 is 0. The van der Waals surface area contributed by atoms with Gasteiger partial charge in [-0.3, -0.25) is 15.1 Å². The van der Waals surface area contributed by atoms with Crippen LogP contribution < -0.4 is 15.4 Å². The summed E-state index contributed by atoms with van der Waals surface area (Å²) in [4.78, 5) is 19.4. The molecule has 3 rings (SSSR count). The van der Waals surface area contributed by atoms with Crippen molar-refractivity contribution < 1.29 is 9.66 Å². The zero-order valence-electron chi connectivity index (χ0n) is 18.4. The maximum Gasteiger partial charge on any atom is 0.269 e. The topological polar surface area (TPSA) is 102 Å². The van der Waals surface area contributed by atoms with E-state index in [1.54, 1.807) is 25.4 Å². The molecule has 174 valence electrons. The molecule has 0 radical (unpaired) electrons. The second-order valence-corrected chi connectivity index (χ2v) is 7.11. The SMILES string of the molecule is COc1ccc(CCNC(=NCc2ccc([N+](=O)[O-])cc2)NCCc2ccccn2)cc1.I. The Morgan fingerprint density at radius 3 is 2.24 bits per heavy atom. The van der Waals surface area contributed by atoms with E-state index in [4.69, 9.17) is 4.74 Å². The van der Waals surface area contributed by atoms with E-state index in [1.165, 1.54) is 17.7 Å². The summed E-state index contributed by atoms with van der Waals surface area (Å²) in [7, 11) is 1.65. The molecule has 9 heteroatoms. The van der Waals surface area contributed by atoms with Crippen LogP contribution in [0.25, 0.3) is 0 Å². The molecule has 0 saturated carbocycles. The first-order valence-corrected chi connectivity index (χ1v) is 10.4. The van der Waals surface area contributed by atoms with Crippen molar-refractivity contribution >= 4 is 35.6 Å². The smallest absolute Gasteiger partial charge is 0.269 e. The third-order valence-corrected chi connectivity index (χ3v) is 4.83. The summed E-state index contributed by atoms with van der Waals surface area (Å²) in [6, 6.07) is 20.3. The number of methoxy groups -OCH3 is 1. The first-order valence-electron chi connectivity index (χ1n) is 10.4. The van der Waals surface area contributed by atoms with Crippen LogP contribution in [0.2, 0.25) is 0 Å². The lowest BCUT2D eigenvalue weighted by molar-refractivity contribution is -0.384. The fourth-order valence-corrected chi connectivity index (χ4v) is 3.04. The Balaban J connectivity index is 0.00000385. The predicted octanol–water partition coefficient (Wildman–Crippen LogP) is 4.14. The van der Waals surface area contributed by atoms with E-state index in [0.29, 0.717) is 25.6 Å². The van der Waals surface area contributed by atoms with Crippen molar-refractivity contribution in [3.05, 3.63) is 99.9 Å². The molecule has 0 bridgehead atoms. The van der Waals surface area contributed by atoms with Gasteiger partial charge in [-0.1, -0.05) is 30.3 Å². The number of halogens is 1. The van der Waals surface area contributed by atoms with Crippen molar-refractivity contribution in [2.45, 2.75) is 19.4 Å². The summed E-state index contributed by atoms with van der Waals surface area (Å²) in [5.41, 5.74) is 3.18. The number of ether oxygens (including phenoxy) is 1. The predicted molar refractivity (Wildman–Crippen MR) is 140 cm³/mol. The fourth-order valence-electron chi connectivity index (χ4n) is 3.04. The normalized spacial score (nSPS) is 10.8. The molecule has 33 heavy (non-hydrogen) atoms. The number of guanidine groups is 1. The van der Waals surface area contributed by atoms with Crippen LogP contribution in [0.1, 0.15) is 16.8 Å². The molecule has 0 saturated heterocycles. The highest BCUT2D eigenvalue weighted by molar-refractivity contribution is 14.0. The van der Waals surface area contributed by atoms with E-state index in [1.807, 2.05) is 42.5 Å². The number of aromatic nitrogens is 1. The Hall–Kier alpha value is -3.21. The number of non-ortho nitro benzene ring substituents is 1. The highest BCUT2D eigenvalue weighted by Crippen LogP contribution is 2.13. The van der Waals surface area contributed by atoms with Crippen molar-refractivity contribution in [1.29, 1.82) is 0 Å². The number of nitro groups is 1. The molecular weight excluding hydrogens is 533 g/mol. The van der Waals surface area contributed by atoms with Gasteiger partial charge in [0.15, 0.2) is 5.96 Å². The molecule has 0 aliphatic rings. The maximum absolute atomic E-state index is 10.8. The lowest BCUT2D eigenvalue weighted by atomic mass is 10.1. The fraction of sp³-hybridized carbons (Fsp3) is 0.250. The molecule has 1 heterocycles. The number of nitrogens with one attached hydrogen (secondary N) is 2. The average molecular weight is 561 g/mol. The van der Waals surface area contributed by atoms with Gasteiger partial charge in [0.05, 0.1) is 18.6 Å². The van der Waals surface area contributed by atoms with Gasteiger partial charge in [-0.25, -0.2) is 4.99 Å². The Morgan fingerprint density at radius 1 is 0.970 bits per heavy atom. The van der Waals surface area contributed by atoms with Gasteiger partial charge in [0.25, 0.3) is 5.69 Å². The maximum atomic E-state index is 10.8. The second kappa shape index (κ2) is 14.0. The van der Waals surface area contributed by atoms with Gasteiger partial charge in [-0.15, -0.1) is 24.0 Å². The number of nitro benzene ring substituents is 1.